The number of methoxy groups -OCH3 is 2. The third-order valence-electron chi connectivity index (χ3n) is 5.20. The second kappa shape index (κ2) is 12.2. The lowest BCUT2D eigenvalue weighted by Gasteiger charge is -2.12. The minimum Gasteiger partial charge on any atom is -0.496 e. The summed E-state index contributed by atoms with van der Waals surface area (Å²) < 4.78 is 15.5. The molecule has 0 saturated carbocycles. The smallest absolute Gasteiger partial charge is 0.412 e. The number of rotatable bonds is 9. The summed E-state index contributed by atoms with van der Waals surface area (Å²) in [5.41, 5.74) is 3.43. The molecule has 0 radical (unpaired) electrons. The first-order valence-corrected chi connectivity index (χ1v) is 10.9. The molecule has 0 aliphatic carbocycles. The van der Waals surface area contributed by atoms with Gasteiger partial charge in [-0.25, -0.2) is 9.59 Å². The summed E-state index contributed by atoms with van der Waals surface area (Å²) >= 11 is 0. The van der Waals surface area contributed by atoms with E-state index in [0.717, 1.165) is 16.7 Å². The quantitative estimate of drug-likeness (QED) is 0.455. The molecule has 35 heavy (non-hydrogen) atoms. The molecule has 0 aliphatic rings. The Balaban J connectivity index is 1.57. The normalized spacial score (nSPS) is 10.3. The summed E-state index contributed by atoms with van der Waals surface area (Å²) in [6.45, 7) is 0.305. The number of esters is 1. The van der Waals surface area contributed by atoms with E-state index in [2.05, 4.69) is 15.6 Å². The SMILES string of the molecule is CNC(=O)c1ccc(Cc2ccc(CCNC(=O)Oc3ccccc3C(=O)OC)c(OC)c2)cn1. The van der Waals surface area contributed by atoms with Crippen LogP contribution in [0.3, 0.4) is 0 Å². The van der Waals surface area contributed by atoms with E-state index in [1.807, 2.05) is 24.3 Å². The van der Waals surface area contributed by atoms with Crippen LogP contribution in [0.4, 0.5) is 4.79 Å². The number of carbonyl (C=O) groups is 3. The van der Waals surface area contributed by atoms with Gasteiger partial charge in [-0.1, -0.05) is 30.3 Å². The van der Waals surface area contributed by atoms with Gasteiger partial charge in [0.05, 0.1) is 14.2 Å². The number of carbonyl (C=O) groups excluding carboxylic acids is 3. The Morgan fingerprint density at radius 3 is 2.40 bits per heavy atom. The van der Waals surface area contributed by atoms with Gasteiger partial charge in [0.25, 0.3) is 5.91 Å². The average molecular weight is 478 g/mol. The third kappa shape index (κ3) is 6.80. The van der Waals surface area contributed by atoms with E-state index < -0.39 is 12.1 Å². The molecule has 2 aromatic carbocycles. The fourth-order valence-corrected chi connectivity index (χ4v) is 3.40. The van der Waals surface area contributed by atoms with Crippen molar-refractivity contribution in [2.75, 3.05) is 27.8 Å². The number of hydrogen-bond donors (Lipinski definition) is 2. The second-order valence-electron chi connectivity index (χ2n) is 7.51. The number of benzene rings is 2. The van der Waals surface area contributed by atoms with Gasteiger partial charge < -0.3 is 24.8 Å². The van der Waals surface area contributed by atoms with Crippen LogP contribution in [-0.4, -0.2) is 50.8 Å². The summed E-state index contributed by atoms with van der Waals surface area (Å²) in [5.74, 6) is 0.00409. The fraction of sp³-hybridized carbons (Fsp3) is 0.231. The van der Waals surface area contributed by atoms with Crippen LogP contribution in [0.5, 0.6) is 11.5 Å². The topological polar surface area (TPSA) is 116 Å². The van der Waals surface area contributed by atoms with Gasteiger partial charge in [0.2, 0.25) is 0 Å². The molecule has 0 unspecified atom stereocenters. The maximum atomic E-state index is 12.2. The zero-order chi connectivity index (χ0) is 25.2. The molecule has 3 aromatic rings. The summed E-state index contributed by atoms with van der Waals surface area (Å²) in [6, 6.07) is 15.8. The lowest BCUT2D eigenvalue weighted by Crippen LogP contribution is -2.29. The molecular formula is C26H27N3O6. The van der Waals surface area contributed by atoms with Crippen LogP contribution in [0, 0.1) is 0 Å². The van der Waals surface area contributed by atoms with Crippen LogP contribution in [0.2, 0.25) is 0 Å². The van der Waals surface area contributed by atoms with Gasteiger partial charge in [-0.15, -0.1) is 0 Å². The van der Waals surface area contributed by atoms with Crippen molar-refractivity contribution in [2.24, 2.45) is 0 Å². The number of nitrogens with zero attached hydrogens (tertiary/aromatic N) is 1. The average Bonchev–Trinajstić information content (AvgIpc) is 2.89. The van der Waals surface area contributed by atoms with E-state index in [1.54, 1.807) is 38.6 Å². The number of nitrogens with one attached hydrogen (secondary N) is 2. The van der Waals surface area contributed by atoms with Crippen LogP contribution >= 0.6 is 0 Å². The standard InChI is InChI=1S/C26H27N3O6/c1-27-24(30)21-11-9-18(16-29-21)14-17-8-10-19(23(15-17)33-2)12-13-28-26(32)35-22-7-5-4-6-20(22)25(31)34-3/h4-11,15-16H,12-14H2,1-3H3,(H,27,30)(H,28,32). The van der Waals surface area contributed by atoms with Crippen molar-refractivity contribution in [1.29, 1.82) is 0 Å². The molecule has 1 aromatic heterocycles. The lowest BCUT2D eigenvalue weighted by molar-refractivity contribution is 0.0597. The number of hydrogen-bond acceptors (Lipinski definition) is 7. The van der Waals surface area contributed by atoms with Gasteiger partial charge >= 0.3 is 12.1 Å². The van der Waals surface area contributed by atoms with Crippen molar-refractivity contribution < 1.29 is 28.6 Å². The van der Waals surface area contributed by atoms with Gasteiger partial charge in [-0.3, -0.25) is 9.78 Å². The Morgan fingerprint density at radius 1 is 0.943 bits per heavy atom. The van der Waals surface area contributed by atoms with Crippen molar-refractivity contribution in [3.05, 3.63) is 88.7 Å². The second-order valence-corrected chi connectivity index (χ2v) is 7.51. The molecule has 0 spiro atoms. The van der Waals surface area contributed by atoms with E-state index >= 15 is 0 Å². The van der Waals surface area contributed by atoms with Crippen molar-refractivity contribution in [2.45, 2.75) is 12.8 Å². The molecule has 0 aliphatic heterocycles. The summed E-state index contributed by atoms with van der Waals surface area (Å²) in [7, 11) is 4.42. The Morgan fingerprint density at radius 2 is 1.71 bits per heavy atom. The van der Waals surface area contributed by atoms with Gasteiger partial charge in [0, 0.05) is 19.8 Å². The first-order chi connectivity index (χ1) is 16.9. The Bertz CT molecular complexity index is 1190. The summed E-state index contributed by atoms with van der Waals surface area (Å²) in [4.78, 5) is 39.9. The summed E-state index contributed by atoms with van der Waals surface area (Å²) in [6.07, 6.45) is 2.14. The molecule has 2 N–H and O–H groups in total. The van der Waals surface area contributed by atoms with Gasteiger partial charge in [0.15, 0.2) is 0 Å². The van der Waals surface area contributed by atoms with E-state index in [4.69, 9.17) is 14.2 Å². The molecule has 0 saturated heterocycles. The Labute approximate surface area is 203 Å². The van der Waals surface area contributed by atoms with Crippen molar-refractivity contribution in [3.8, 4) is 11.5 Å². The number of amides is 2. The maximum absolute atomic E-state index is 12.2. The molecule has 9 nitrogen and oxygen atoms in total. The molecular weight excluding hydrogens is 450 g/mol. The highest BCUT2D eigenvalue weighted by Gasteiger charge is 2.15. The number of ether oxygens (including phenoxy) is 3. The maximum Gasteiger partial charge on any atom is 0.412 e. The molecule has 1 heterocycles. The Hall–Kier alpha value is -4.40. The van der Waals surface area contributed by atoms with E-state index in [-0.39, 0.29) is 17.2 Å². The van der Waals surface area contributed by atoms with Gasteiger partial charge in [-0.2, -0.15) is 0 Å². The van der Waals surface area contributed by atoms with Crippen LogP contribution in [0.25, 0.3) is 0 Å². The minimum atomic E-state index is -0.676. The van der Waals surface area contributed by atoms with Crippen LogP contribution in [0.1, 0.15) is 37.5 Å². The van der Waals surface area contributed by atoms with E-state index in [1.165, 1.54) is 19.2 Å². The monoisotopic (exact) mass is 477 g/mol. The largest absolute Gasteiger partial charge is 0.496 e. The summed E-state index contributed by atoms with van der Waals surface area (Å²) in [5, 5.41) is 5.23. The predicted octanol–water partition coefficient (Wildman–Crippen LogP) is 3.16. The molecule has 3 rings (SSSR count). The number of pyridine rings is 1. The molecule has 0 fully saturated rings. The van der Waals surface area contributed by atoms with Crippen molar-refractivity contribution in [3.63, 3.8) is 0 Å². The van der Waals surface area contributed by atoms with Crippen LogP contribution in [-0.2, 0) is 17.6 Å². The first kappa shape index (κ1) is 25.2. The number of para-hydroxylation sites is 1. The van der Waals surface area contributed by atoms with Gasteiger partial charge in [-0.05, 0) is 53.8 Å². The third-order valence-corrected chi connectivity index (χ3v) is 5.20. The Kier molecular flexibility index (Phi) is 8.77. The predicted molar refractivity (Wildman–Crippen MR) is 129 cm³/mol. The minimum absolute atomic E-state index is 0.122. The highest BCUT2D eigenvalue weighted by molar-refractivity contribution is 5.93. The first-order valence-electron chi connectivity index (χ1n) is 10.9. The van der Waals surface area contributed by atoms with Crippen molar-refractivity contribution >= 4 is 18.0 Å². The number of aromatic nitrogens is 1. The zero-order valence-corrected chi connectivity index (χ0v) is 19.8. The van der Waals surface area contributed by atoms with Crippen molar-refractivity contribution in [1.82, 2.24) is 15.6 Å². The molecule has 0 bridgehead atoms. The molecule has 9 heteroatoms. The van der Waals surface area contributed by atoms with E-state index in [0.29, 0.717) is 30.8 Å². The highest BCUT2D eigenvalue weighted by Crippen LogP contribution is 2.23. The molecule has 2 amide bonds. The fourth-order valence-electron chi connectivity index (χ4n) is 3.40. The van der Waals surface area contributed by atoms with Crippen LogP contribution < -0.4 is 20.1 Å². The highest BCUT2D eigenvalue weighted by atomic mass is 16.6. The van der Waals surface area contributed by atoms with Gasteiger partial charge in [0.1, 0.15) is 22.8 Å². The molecule has 0 atom stereocenters. The van der Waals surface area contributed by atoms with E-state index in [9.17, 15) is 14.4 Å². The van der Waals surface area contributed by atoms with Crippen LogP contribution in [0.15, 0.2) is 60.8 Å². The molecule has 182 valence electrons. The lowest BCUT2D eigenvalue weighted by atomic mass is 10.0. The zero-order valence-electron chi connectivity index (χ0n) is 19.8.